The standard InChI is InChI=1S/2C14H10.2C12H8N2.C10H6S2.2C10H8.2C8H6N2.C6H6S2.C6H6.C5H5N.C4H4N2/c2*1-2-6-12-10-14-8-4-3-7-13(14)9-11(12)5-1;2*1-2-6-10-9(5-1)13-11-7-3-4-8-12(11)14-10;1-3-11-9-6-8-2-4-12-10(8)5-7(1)9;2*1-2-6-10-8-4-3-7-9(10)5-1;1-3-9-6-8-2-4-10-5-7(1)8;1-3-7-8(9-5-1)4-2-6-10-7;1-3-7-6-2-4-8-5(1)6;2*1-2-4-6-5-3-1;1-2-6-4-3-5-1/h2*1-10H;2*1-8H;1-6H;2*1-8H;2*1-6H;1-6H;1-6H;1-5H;1-4H. The average molecular weight is 1800 g/mol. The van der Waals surface area contributed by atoms with Crippen molar-refractivity contribution in [1.29, 1.82) is 0 Å². The number of nitrogens with zero attached hydrogens (tertiary/aromatic N) is 11. The van der Waals surface area contributed by atoms with E-state index in [9.17, 15) is 0 Å². The number of rotatable bonds is 0. The number of para-hydroxylation sites is 8. The highest BCUT2D eigenvalue weighted by atomic mass is 32.2. The number of thioether (sulfide) groups is 2. The molecule has 2 aliphatic rings. The van der Waals surface area contributed by atoms with E-state index in [4.69, 9.17) is 0 Å². The van der Waals surface area contributed by atoms with Gasteiger partial charge in [0.15, 0.2) is 0 Å². The predicted octanol–water partition coefficient (Wildman–Crippen LogP) is 32.1. The zero-order valence-corrected chi connectivity index (χ0v) is 76.4. The van der Waals surface area contributed by atoms with Gasteiger partial charge in [0.2, 0.25) is 0 Å². The molecule has 0 saturated carbocycles. The van der Waals surface area contributed by atoms with Crippen LogP contribution in [0.2, 0.25) is 0 Å². The summed E-state index contributed by atoms with van der Waals surface area (Å²) in [7, 11) is 0. The molecule has 15 heteroatoms. The summed E-state index contributed by atoms with van der Waals surface area (Å²) in [5.41, 5.74) is 9.50. The normalized spacial score (nSPS) is 12.1. The fourth-order valence-corrected chi connectivity index (χ4v) is 18.2. The van der Waals surface area contributed by atoms with Crippen LogP contribution >= 0.6 is 46.2 Å². The van der Waals surface area contributed by atoms with Gasteiger partial charge in [-0.05, 0) is 243 Å². The Morgan fingerprint density at radius 1 is 0.164 bits per heavy atom. The van der Waals surface area contributed by atoms with Crippen LogP contribution in [0.5, 0.6) is 0 Å². The summed E-state index contributed by atoms with van der Waals surface area (Å²) in [4.78, 5) is 45.5. The molecular weight excluding hydrogens is 1710 g/mol. The van der Waals surface area contributed by atoms with Crippen LogP contribution in [0.1, 0.15) is 0 Å². The molecule has 0 N–H and O–H groups in total. The minimum atomic E-state index is 0.764. The lowest BCUT2D eigenvalue weighted by Crippen LogP contribution is -2.03. The molecule has 0 amide bonds. The van der Waals surface area contributed by atoms with Gasteiger partial charge in [-0.15, -0.1) is 46.2 Å². The van der Waals surface area contributed by atoms with Crippen LogP contribution in [0.15, 0.2) is 539 Å². The second kappa shape index (κ2) is 49.5. The third-order valence-electron chi connectivity index (χ3n) is 20.9. The van der Waals surface area contributed by atoms with Crippen molar-refractivity contribution in [1.82, 2.24) is 54.8 Å². The van der Waals surface area contributed by atoms with Crippen LogP contribution < -0.4 is 0 Å². The van der Waals surface area contributed by atoms with Crippen LogP contribution in [0.3, 0.4) is 0 Å². The van der Waals surface area contributed by atoms with Crippen molar-refractivity contribution < 1.29 is 0 Å². The van der Waals surface area contributed by atoms with Crippen molar-refractivity contribution in [2.75, 3.05) is 0 Å². The molecule has 26 aromatic rings. The van der Waals surface area contributed by atoms with Crippen molar-refractivity contribution in [3.63, 3.8) is 0 Å². The summed E-state index contributed by atoms with van der Waals surface area (Å²) >= 11 is 7.47. The highest BCUT2D eigenvalue weighted by Crippen LogP contribution is 2.39. The maximum Gasteiger partial charge on any atom is 0.0894 e. The van der Waals surface area contributed by atoms with Crippen LogP contribution in [0.25, 0.3) is 151 Å². The minimum Gasteiger partial charge on any atom is -0.265 e. The first-order valence-corrected chi connectivity index (χ1v) is 47.3. The van der Waals surface area contributed by atoms with E-state index in [0.29, 0.717) is 0 Å². The first-order valence-electron chi connectivity index (χ1n) is 43.7. The molecule has 11 nitrogen and oxygen atoms in total. The average Bonchev–Trinajstić information content (AvgIpc) is 1.51. The summed E-state index contributed by atoms with van der Waals surface area (Å²) in [6.45, 7) is 0. The van der Waals surface area contributed by atoms with Gasteiger partial charge in [-0.1, -0.05) is 297 Å². The molecule has 646 valence electrons. The third kappa shape index (κ3) is 27.0. The van der Waals surface area contributed by atoms with Crippen molar-refractivity contribution >= 4 is 197 Å². The van der Waals surface area contributed by atoms with Gasteiger partial charge in [0.05, 0.1) is 55.2 Å². The fourth-order valence-electron chi connectivity index (χ4n) is 14.2. The van der Waals surface area contributed by atoms with Gasteiger partial charge in [-0.3, -0.25) is 34.9 Å². The molecule has 12 heterocycles. The lowest BCUT2D eigenvalue weighted by molar-refractivity contribution is 1.14. The molecule has 16 aromatic carbocycles. The van der Waals surface area contributed by atoms with Gasteiger partial charge in [0, 0.05) is 105 Å². The molecule has 2 aliphatic heterocycles. The summed E-state index contributed by atoms with van der Waals surface area (Å²) in [6.07, 6.45) is 25.3. The van der Waals surface area contributed by atoms with Crippen molar-refractivity contribution in [3.05, 3.63) is 539 Å². The smallest absolute Gasteiger partial charge is 0.0894 e. The second-order valence-corrected chi connectivity index (χ2v) is 34.1. The molecule has 2 unspecified atom stereocenters. The van der Waals surface area contributed by atoms with E-state index in [0.717, 1.165) is 76.4 Å². The van der Waals surface area contributed by atoms with Gasteiger partial charge in [-0.2, -0.15) is 0 Å². The number of benzene rings is 16. The first kappa shape index (κ1) is 91.1. The lowest BCUT2D eigenvalue weighted by Gasteiger charge is -2.02. The van der Waals surface area contributed by atoms with E-state index in [2.05, 4.69) is 331 Å². The molecule has 10 aromatic heterocycles. The Bertz CT molecular complexity index is 6500. The molecule has 0 saturated heterocycles. The quantitative estimate of drug-likeness (QED) is 0.133. The molecule has 0 radical (unpaired) electrons. The largest absolute Gasteiger partial charge is 0.265 e. The van der Waals surface area contributed by atoms with Crippen LogP contribution in [0, 0.1) is 0 Å². The summed E-state index contributed by atoms with van der Waals surface area (Å²) in [5, 5.41) is 31.0. The third-order valence-corrected chi connectivity index (χ3v) is 25.0. The lowest BCUT2D eigenvalue weighted by atomic mass is 10.0. The minimum absolute atomic E-state index is 0.764. The summed E-state index contributed by atoms with van der Waals surface area (Å²) in [5.74, 6) is 0. The molecule has 2 atom stereocenters. The van der Waals surface area contributed by atoms with Crippen molar-refractivity contribution in [3.8, 4) is 0 Å². The predicted molar refractivity (Wildman–Crippen MR) is 575 cm³/mol. The van der Waals surface area contributed by atoms with E-state index in [1.54, 1.807) is 62.0 Å². The molecular formula is C119H91N11S4. The number of pyridine rings is 5. The fraction of sp³-hybridized carbons (Fsp3) is 0.0168. The van der Waals surface area contributed by atoms with Gasteiger partial charge >= 0.3 is 0 Å². The van der Waals surface area contributed by atoms with E-state index in [-0.39, 0.29) is 0 Å². The van der Waals surface area contributed by atoms with Crippen molar-refractivity contribution in [2.24, 2.45) is 0 Å². The SMILES string of the molecule is C1=CC2SC=CC2S1.c1cc2cc3sccc3cc2s1.c1cc2cnccc2cn1.c1ccc2cc3ccccc3cc2c1.c1ccc2cc3ccccc3cc2c1.c1ccc2ccccc2c1.c1ccc2ccccc2c1.c1ccc2nc3ccccc3nc2c1.c1ccc2nc3ccccc3nc2c1.c1ccccc1.c1ccncc1.c1cnc2cccnc2c1.c1cnccn1. The zero-order valence-electron chi connectivity index (χ0n) is 73.1. The molecule has 0 aliphatic carbocycles. The second-order valence-electron chi connectivity index (χ2n) is 30.0. The monoisotopic (exact) mass is 1800 g/mol. The summed E-state index contributed by atoms with van der Waals surface area (Å²) in [6, 6.07) is 146. The van der Waals surface area contributed by atoms with E-state index in [1.807, 2.05) is 247 Å². The Labute approximate surface area is 794 Å². The topological polar surface area (TPSA) is 142 Å². The Balaban J connectivity index is 0.000000106. The number of hydrogen-bond acceptors (Lipinski definition) is 15. The highest BCUT2D eigenvalue weighted by molar-refractivity contribution is 8.08. The van der Waals surface area contributed by atoms with E-state index in [1.165, 1.54) is 84.8 Å². The summed E-state index contributed by atoms with van der Waals surface area (Å²) < 4.78 is 2.78. The van der Waals surface area contributed by atoms with Gasteiger partial charge in [0.1, 0.15) is 0 Å². The maximum absolute atomic E-state index is 4.52. The van der Waals surface area contributed by atoms with Crippen LogP contribution in [0.4, 0.5) is 0 Å². The van der Waals surface area contributed by atoms with Gasteiger partial charge in [0.25, 0.3) is 0 Å². The Hall–Kier alpha value is -16.3. The molecule has 28 rings (SSSR count). The molecule has 0 fully saturated rings. The molecule has 0 spiro atoms. The van der Waals surface area contributed by atoms with Gasteiger partial charge < -0.3 is 0 Å². The number of fused-ring (bicyclic) bond motifs is 15. The van der Waals surface area contributed by atoms with Crippen molar-refractivity contribution in [2.45, 2.75) is 10.5 Å². The van der Waals surface area contributed by atoms with Crippen LogP contribution in [-0.2, 0) is 0 Å². The highest BCUT2D eigenvalue weighted by Gasteiger charge is 2.24. The molecule has 134 heavy (non-hydrogen) atoms. The first-order chi connectivity index (χ1) is 66.5. The van der Waals surface area contributed by atoms with E-state index < -0.39 is 0 Å². The zero-order chi connectivity index (χ0) is 90.9. The molecule has 0 bridgehead atoms. The van der Waals surface area contributed by atoms with E-state index >= 15 is 0 Å². The Kier molecular flexibility index (Phi) is 33.6. The number of hydrogen-bond donors (Lipinski definition) is 0. The number of aromatic nitrogens is 11. The Morgan fingerprint density at radius 3 is 0.649 bits per heavy atom. The number of thiophene rings is 2. The Morgan fingerprint density at radius 2 is 0.403 bits per heavy atom. The van der Waals surface area contributed by atoms with Gasteiger partial charge in [-0.25, -0.2) is 19.9 Å². The maximum atomic E-state index is 4.52. The van der Waals surface area contributed by atoms with Crippen LogP contribution in [-0.4, -0.2) is 65.3 Å².